The van der Waals surface area contributed by atoms with Crippen molar-refractivity contribution in [1.82, 2.24) is 5.09 Å². The highest BCUT2D eigenvalue weighted by Gasteiger charge is 2.23. The van der Waals surface area contributed by atoms with Gasteiger partial charge in [0.2, 0.25) is 0 Å². The molecule has 0 unspecified atom stereocenters. The Morgan fingerprint density at radius 2 is 1.60 bits per heavy atom. The minimum Gasteiger partial charge on any atom is -0.311 e. The van der Waals surface area contributed by atoms with Crippen molar-refractivity contribution in [2.24, 2.45) is 0 Å². The first-order valence-electron chi connectivity index (χ1n) is 4.62. The van der Waals surface area contributed by atoms with Crippen molar-refractivity contribution in [2.75, 3.05) is 6.26 Å². The number of thiocarbonyl (C=S) groups is 1. The first-order valence-corrected chi connectivity index (χ1v) is 8.89. The fourth-order valence-electron chi connectivity index (χ4n) is 0.790. The lowest BCUT2D eigenvalue weighted by Crippen LogP contribution is -2.22. The van der Waals surface area contributed by atoms with Crippen LogP contribution in [0.1, 0.15) is 27.7 Å². The topological polar surface area (TPSA) is 30.5 Å². The van der Waals surface area contributed by atoms with E-state index in [1.54, 1.807) is 0 Å². The molecule has 0 amide bonds. The Hall–Kier alpha value is 0.810. The van der Waals surface area contributed by atoms with Gasteiger partial charge in [0.1, 0.15) is 4.32 Å². The summed E-state index contributed by atoms with van der Waals surface area (Å²) in [6.45, 7) is 5.22. The molecule has 0 saturated heterocycles. The van der Waals surface area contributed by atoms with Gasteiger partial charge >= 0.3 is 0 Å². The van der Waals surface area contributed by atoms with Gasteiger partial charge in [-0.3, -0.25) is 0 Å². The summed E-state index contributed by atoms with van der Waals surface area (Å²) in [5.41, 5.74) is 0. The second-order valence-electron chi connectivity index (χ2n) is 3.41. The summed E-state index contributed by atoms with van der Waals surface area (Å²) in [5.74, 6) is 0. The summed E-state index contributed by atoms with van der Waals surface area (Å²) in [6.07, 6.45) is 1.93. The first kappa shape index (κ1) is 15.8. The molecule has 0 aromatic carbocycles. The van der Waals surface area contributed by atoms with E-state index in [-0.39, 0.29) is 12.2 Å². The van der Waals surface area contributed by atoms with Gasteiger partial charge in [0, 0.05) is 0 Å². The molecular formula is C8H18NO2PS3. The van der Waals surface area contributed by atoms with Gasteiger partial charge in [0.05, 0.1) is 12.2 Å². The van der Waals surface area contributed by atoms with Gasteiger partial charge in [0.15, 0.2) is 0 Å². The van der Waals surface area contributed by atoms with Crippen LogP contribution in [0.5, 0.6) is 0 Å². The maximum atomic E-state index is 5.61. The second kappa shape index (κ2) is 7.20. The Morgan fingerprint density at radius 3 is 1.87 bits per heavy atom. The lowest BCUT2D eigenvalue weighted by Gasteiger charge is -2.27. The molecule has 1 N–H and O–H groups in total. The van der Waals surface area contributed by atoms with E-state index < -0.39 is 6.64 Å². The molecule has 90 valence electrons. The maximum absolute atomic E-state index is 5.61. The number of nitrogens with one attached hydrogen (secondary N) is 1. The summed E-state index contributed by atoms with van der Waals surface area (Å²) >= 11 is 11.8. The number of hydrogen-bond donors (Lipinski definition) is 1. The van der Waals surface area contributed by atoms with Crippen molar-refractivity contribution in [3.63, 3.8) is 0 Å². The Morgan fingerprint density at radius 1 is 1.20 bits per heavy atom. The molecule has 0 aliphatic rings. The van der Waals surface area contributed by atoms with Crippen molar-refractivity contribution in [1.29, 1.82) is 0 Å². The van der Waals surface area contributed by atoms with Crippen molar-refractivity contribution in [3.8, 4) is 0 Å². The van der Waals surface area contributed by atoms with E-state index in [4.69, 9.17) is 33.1 Å². The standard InChI is InChI=1S/C8H18NO2PS3/c1-6(2)10-12(14,11-7(3)4)9-8(13)15-5/h6-7H,1-5H3,(H,9,13,14). The van der Waals surface area contributed by atoms with Crippen LogP contribution >= 0.6 is 30.6 Å². The quantitative estimate of drug-likeness (QED) is 0.617. The van der Waals surface area contributed by atoms with Crippen molar-refractivity contribution in [3.05, 3.63) is 0 Å². The predicted molar refractivity (Wildman–Crippen MR) is 76.0 cm³/mol. The summed E-state index contributed by atoms with van der Waals surface area (Å²) in [4.78, 5) is 0. The van der Waals surface area contributed by atoms with E-state index in [2.05, 4.69) is 5.09 Å². The van der Waals surface area contributed by atoms with Crippen LogP contribution in [0.3, 0.4) is 0 Å². The van der Waals surface area contributed by atoms with Gasteiger partial charge in [-0.15, -0.1) is 11.8 Å². The lowest BCUT2D eigenvalue weighted by molar-refractivity contribution is 0.172. The van der Waals surface area contributed by atoms with Gasteiger partial charge in [-0.25, -0.2) is 0 Å². The molecule has 0 saturated carbocycles. The van der Waals surface area contributed by atoms with Crippen LogP contribution in [0.4, 0.5) is 0 Å². The fraction of sp³-hybridized carbons (Fsp3) is 0.875. The highest BCUT2D eigenvalue weighted by atomic mass is 32.5. The van der Waals surface area contributed by atoms with E-state index >= 15 is 0 Å². The lowest BCUT2D eigenvalue weighted by atomic mass is 10.5. The van der Waals surface area contributed by atoms with Crippen molar-refractivity contribution in [2.45, 2.75) is 39.9 Å². The molecule has 0 rings (SSSR count). The SMILES string of the molecule is CSC(=S)NP(=S)(OC(C)C)OC(C)C. The largest absolute Gasteiger partial charge is 0.311 e. The van der Waals surface area contributed by atoms with Crippen LogP contribution < -0.4 is 5.09 Å². The van der Waals surface area contributed by atoms with E-state index in [0.717, 1.165) is 0 Å². The Kier molecular flexibility index (Phi) is 7.59. The summed E-state index contributed by atoms with van der Waals surface area (Å²) in [6, 6.07) is 0. The van der Waals surface area contributed by atoms with Gasteiger partial charge in [-0.05, 0) is 45.8 Å². The minimum atomic E-state index is -2.48. The molecular weight excluding hydrogens is 269 g/mol. The molecule has 0 radical (unpaired) electrons. The van der Waals surface area contributed by atoms with Crippen LogP contribution in [-0.4, -0.2) is 22.8 Å². The molecule has 0 aliphatic carbocycles. The van der Waals surface area contributed by atoms with Crippen LogP contribution in [0.25, 0.3) is 0 Å². The van der Waals surface area contributed by atoms with E-state index in [0.29, 0.717) is 4.32 Å². The molecule has 3 nitrogen and oxygen atoms in total. The van der Waals surface area contributed by atoms with E-state index in [1.807, 2.05) is 34.0 Å². The molecule has 0 atom stereocenters. The highest BCUT2D eigenvalue weighted by Crippen LogP contribution is 2.47. The third kappa shape index (κ3) is 7.66. The van der Waals surface area contributed by atoms with Crippen molar-refractivity contribution >= 4 is 46.7 Å². The predicted octanol–water partition coefficient (Wildman–Crippen LogP) is 3.30. The summed E-state index contributed by atoms with van der Waals surface area (Å²) in [7, 11) is 0. The Labute approximate surface area is 107 Å². The van der Waals surface area contributed by atoms with Crippen molar-refractivity contribution < 1.29 is 9.05 Å². The Bertz CT molecular complexity index is 244. The van der Waals surface area contributed by atoms with Crippen LogP contribution in [0, 0.1) is 0 Å². The molecule has 0 aliphatic heterocycles. The maximum Gasteiger partial charge on any atom is 0.289 e. The molecule has 0 heterocycles. The van der Waals surface area contributed by atoms with Gasteiger partial charge in [-0.1, -0.05) is 12.2 Å². The third-order valence-electron chi connectivity index (χ3n) is 1.11. The highest BCUT2D eigenvalue weighted by molar-refractivity contribution is 8.23. The zero-order valence-electron chi connectivity index (χ0n) is 9.64. The molecule has 0 aromatic rings. The van der Waals surface area contributed by atoms with Crippen LogP contribution in [-0.2, 0) is 20.9 Å². The zero-order valence-corrected chi connectivity index (χ0v) is 13.0. The summed E-state index contributed by atoms with van der Waals surface area (Å²) < 4.78 is 11.8. The van der Waals surface area contributed by atoms with E-state index in [9.17, 15) is 0 Å². The van der Waals surface area contributed by atoms with Gasteiger partial charge in [0.25, 0.3) is 6.64 Å². The van der Waals surface area contributed by atoms with Crippen LogP contribution in [0.2, 0.25) is 0 Å². The smallest absolute Gasteiger partial charge is 0.289 e. The average Bonchev–Trinajstić information content (AvgIpc) is 1.99. The molecule has 0 aromatic heterocycles. The molecule has 7 heteroatoms. The number of rotatable bonds is 5. The number of thioether (sulfide) groups is 1. The monoisotopic (exact) mass is 287 g/mol. The molecule has 0 bridgehead atoms. The van der Waals surface area contributed by atoms with Gasteiger partial charge < -0.3 is 14.1 Å². The fourth-order valence-corrected chi connectivity index (χ4v) is 5.02. The number of hydrogen-bond acceptors (Lipinski definition) is 5. The minimum absolute atomic E-state index is 0.0201. The van der Waals surface area contributed by atoms with E-state index in [1.165, 1.54) is 11.8 Å². The second-order valence-corrected chi connectivity index (χ2v) is 7.97. The Balaban J connectivity index is 4.55. The zero-order chi connectivity index (χ0) is 12.1. The molecule has 0 fully saturated rings. The third-order valence-corrected chi connectivity index (χ3v) is 5.18. The first-order chi connectivity index (χ1) is 6.79. The average molecular weight is 287 g/mol. The van der Waals surface area contributed by atoms with Gasteiger partial charge in [-0.2, -0.15) is 0 Å². The van der Waals surface area contributed by atoms with Crippen LogP contribution in [0.15, 0.2) is 0 Å². The summed E-state index contributed by atoms with van der Waals surface area (Å²) in [5, 5.41) is 2.98. The molecule has 15 heavy (non-hydrogen) atoms. The normalized spacial score (nSPS) is 12.2. The molecule has 0 spiro atoms.